The Kier molecular flexibility index (Phi) is 7.88. The summed E-state index contributed by atoms with van der Waals surface area (Å²) in [5.41, 5.74) is 1.25. The Morgan fingerprint density at radius 1 is 0.914 bits per heavy atom. The molecule has 1 saturated heterocycles. The van der Waals surface area contributed by atoms with Crippen molar-refractivity contribution in [2.24, 2.45) is 0 Å². The topological polar surface area (TPSA) is 75.7 Å². The number of urea groups is 1. The van der Waals surface area contributed by atoms with E-state index >= 15 is 0 Å². The van der Waals surface area contributed by atoms with E-state index in [-0.39, 0.29) is 17.2 Å². The first-order valence-electron chi connectivity index (χ1n) is 9.87. The summed E-state index contributed by atoms with van der Waals surface area (Å²) in [5.74, 6) is -1.21. The molecule has 0 aromatic heterocycles. The number of hydrogen-bond acceptors (Lipinski definition) is 4. The van der Waals surface area contributed by atoms with Crippen LogP contribution in [-0.4, -0.2) is 17.8 Å². The predicted octanol–water partition coefficient (Wildman–Crippen LogP) is 7.42. The minimum atomic E-state index is -0.830. The number of barbiturate groups is 1. The van der Waals surface area contributed by atoms with E-state index in [0.717, 1.165) is 9.37 Å². The highest BCUT2D eigenvalue weighted by molar-refractivity contribution is 9.10. The van der Waals surface area contributed by atoms with Crippen molar-refractivity contribution in [1.82, 2.24) is 5.32 Å². The fourth-order valence-electron chi connectivity index (χ4n) is 3.24. The van der Waals surface area contributed by atoms with Crippen LogP contribution in [0.3, 0.4) is 0 Å². The number of benzene rings is 3. The molecule has 3 aromatic carbocycles. The standard InChI is InChI=1S/C24H13Br2Cl3N2O4/c25-14-2-5-16(6-3-14)31-23(33)17(22(32)30-24(31)34)7-12-8-18(26)21(20(29)9-12)35-11-13-1-4-15(27)10-19(13)28/h1-10H,11H2,(H,30,32,34)/b17-7+. The van der Waals surface area contributed by atoms with E-state index in [1.807, 2.05) is 0 Å². The molecular weight excluding hydrogens is 646 g/mol. The molecule has 0 radical (unpaired) electrons. The first-order valence-corrected chi connectivity index (χ1v) is 12.6. The Bertz CT molecular complexity index is 1370. The maximum absolute atomic E-state index is 13.1. The average molecular weight is 660 g/mol. The number of anilines is 1. The van der Waals surface area contributed by atoms with Gasteiger partial charge in [-0.25, -0.2) is 9.69 Å². The number of halogens is 5. The van der Waals surface area contributed by atoms with Crippen LogP contribution < -0.4 is 15.0 Å². The molecule has 1 fully saturated rings. The van der Waals surface area contributed by atoms with E-state index in [4.69, 9.17) is 39.5 Å². The molecule has 0 atom stereocenters. The second-order valence-electron chi connectivity index (χ2n) is 7.27. The Morgan fingerprint density at radius 3 is 2.29 bits per heavy atom. The third-order valence-corrected chi connectivity index (χ3v) is 6.89. The minimum Gasteiger partial charge on any atom is -0.486 e. The fraction of sp³-hybridized carbons (Fsp3) is 0.0417. The highest BCUT2D eigenvalue weighted by Gasteiger charge is 2.36. The summed E-state index contributed by atoms with van der Waals surface area (Å²) in [5, 5.41) is 3.39. The van der Waals surface area contributed by atoms with Crippen LogP contribution in [0.25, 0.3) is 6.08 Å². The summed E-state index contributed by atoms with van der Waals surface area (Å²) < 4.78 is 7.10. The molecule has 178 valence electrons. The van der Waals surface area contributed by atoms with Crippen molar-refractivity contribution < 1.29 is 19.1 Å². The van der Waals surface area contributed by atoms with Crippen LogP contribution in [0.15, 0.2) is 69.1 Å². The average Bonchev–Trinajstić information content (AvgIpc) is 2.78. The Balaban J connectivity index is 1.60. The number of nitrogens with zero attached hydrogens (tertiary/aromatic N) is 1. The van der Waals surface area contributed by atoms with E-state index in [1.165, 1.54) is 6.08 Å². The van der Waals surface area contributed by atoms with Crippen molar-refractivity contribution >= 4 is 96.3 Å². The number of ether oxygens (including phenoxy) is 1. The van der Waals surface area contributed by atoms with E-state index in [2.05, 4.69) is 37.2 Å². The number of carbonyl (C=O) groups is 3. The third kappa shape index (κ3) is 5.73. The van der Waals surface area contributed by atoms with E-state index in [9.17, 15) is 14.4 Å². The van der Waals surface area contributed by atoms with Crippen molar-refractivity contribution in [2.75, 3.05) is 4.90 Å². The molecule has 0 aliphatic carbocycles. The van der Waals surface area contributed by atoms with Crippen LogP contribution in [-0.2, 0) is 16.2 Å². The third-order valence-electron chi connectivity index (χ3n) is 4.91. The van der Waals surface area contributed by atoms with Gasteiger partial charge in [-0.1, -0.05) is 56.8 Å². The lowest BCUT2D eigenvalue weighted by molar-refractivity contribution is -0.122. The number of rotatable bonds is 5. The minimum absolute atomic E-state index is 0.139. The van der Waals surface area contributed by atoms with Gasteiger partial charge in [-0.05, 0) is 76.1 Å². The SMILES string of the molecule is O=C1NC(=O)N(c2ccc(Br)cc2)C(=O)/C1=C/c1cc(Cl)c(OCc2ccc(Cl)cc2Cl)c(Br)c1. The fourth-order valence-corrected chi connectivity index (χ4v) is 4.95. The summed E-state index contributed by atoms with van der Waals surface area (Å²) in [6.45, 7) is 0.139. The summed E-state index contributed by atoms with van der Waals surface area (Å²) in [4.78, 5) is 38.8. The highest BCUT2D eigenvalue weighted by atomic mass is 79.9. The molecule has 0 bridgehead atoms. The molecule has 11 heteroatoms. The molecule has 6 nitrogen and oxygen atoms in total. The van der Waals surface area contributed by atoms with Crippen LogP contribution in [0.4, 0.5) is 10.5 Å². The van der Waals surface area contributed by atoms with E-state index in [0.29, 0.717) is 37.1 Å². The van der Waals surface area contributed by atoms with Crippen molar-refractivity contribution in [3.05, 3.63) is 95.3 Å². The van der Waals surface area contributed by atoms with Crippen LogP contribution in [0.1, 0.15) is 11.1 Å². The van der Waals surface area contributed by atoms with Gasteiger partial charge in [-0.2, -0.15) is 0 Å². The monoisotopic (exact) mass is 656 g/mol. The number of hydrogen-bond donors (Lipinski definition) is 1. The second-order valence-corrected chi connectivity index (χ2v) is 10.3. The quantitative estimate of drug-likeness (QED) is 0.229. The van der Waals surface area contributed by atoms with Crippen molar-refractivity contribution in [3.8, 4) is 5.75 Å². The highest BCUT2D eigenvalue weighted by Crippen LogP contribution is 2.36. The molecule has 0 unspecified atom stereocenters. The largest absolute Gasteiger partial charge is 0.486 e. The van der Waals surface area contributed by atoms with Crippen LogP contribution in [0.2, 0.25) is 15.1 Å². The molecule has 35 heavy (non-hydrogen) atoms. The lowest BCUT2D eigenvalue weighted by Gasteiger charge is -2.26. The van der Waals surface area contributed by atoms with Crippen LogP contribution >= 0.6 is 66.7 Å². The molecule has 0 spiro atoms. The first kappa shape index (κ1) is 25.7. The van der Waals surface area contributed by atoms with Gasteiger partial charge in [0.2, 0.25) is 0 Å². The molecular formula is C24H13Br2Cl3N2O4. The summed E-state index contributed by atoms with van der Waals surface area (Å²) >= 11 is 25.3. The van der Waals surface area contributed by atoms with Crippen molar-refractivity contribution in [2.45, 2.75) is 6.61 Å². The molecule has 0 saturated carbocycles. The van der Waals surface area contributed by atoms with Gasteiger partial charge in [-0.3, -0.25) is 14.9 Å². The predicted molar refractivity (Wildman–Crippen MR) is 143 cm³/mol. The molecule has 1 aliphatic rings. The lowest BCUT2D eigenvalue weighted by Crippen LogP contribution is -2.54. The number of carbonyl (C=O) groups excluding carboxylic acids is 3. The Hall–Kier alpha value is -2.36. The lowest BCUT2D eigenvalue weighted by atomic mass is 10.1. The van der Waals surface area contributed by atoms with Crippen LogP contribution in [0, 0.1) is 0 Å². The zero-order chi connectivity index (χ0) is 25.3. The van der Waals surface area contributed by atoms with Crippen molar-refractivity contribution in [1.29, 1.82) is 0 Å². The normalized spacial score (nSPS) is 14.9. The van der Waals surface area contributed by atoms with Crippen LogP contribution in [0.5, 0.6) is 5.75 Å². The molecule has 1 heterocycles. The number of nitrogens with one attached hydrogen (secondary N) is 1. The first-order chi connectivity index (χ1) is 16.6. The summed E-state index contributed by atoms with van der Waals surface area (Å²) in [7, 11) is 0. The maximum Gasteiger partial charge on any atom is 0.335 e. The molecule has 4 amide bonds. The van der Waals surface area contributed by atoms with Gasteiger partial charge in [0.05, 0.1) is 15.2 Å². The number of amides is 4. The number of imide groups is 2. The Morgan fingerprint density at radius 2 is 1.63 bits per heavy atom. The molecule has 4 rings (SSSR count). The smallest absolute Gasteiger partial charge is 0.335 e. The molecule has 3 aromatic rings. The van der Waals surface area contributed by atoms with Gasteiger partial charge in [0.15, 0.2) is 5.75 Å². The van der Waals surface area contributed by atoms with Gasteiger partial charge < -0.3 is 4.74 Å². The van der Waals surface area contributed by atoms with Gasteiger partial charge in [-0.15, -0.1) is 0 Å². The molecule has 1 N–H and O–H groups in total. The summed E-state index contributed by atoms with van der Waals surface area (Å²) in [6.07, 6.45) is 1.35. The summed E-state index contributed by atoms with van der Waals surface area (Å²) in [6, 6.07) is 13.9. The Labute approximate surface area is 232 Å². The van der Waals surface area contributed by atoms with Gasteiger partial charge in [0.25, 0.3) is 11.8 Å². The van der Waals surface area contributed by atoms with Crippen molar-refractivity contribution in [3.63, 3.8) is 0 Å². The van der Waals surface area contributed by atoms with Gasteiger partial charge in [0.1, 0.15) is 12.2 Å². The van der Waals surface area contributed by atoms with Gasteiger partial charge in [0, 0.05) is 20.1 Å². The zero-order valence-electron chi connectivity index (χ0n) is 17.5. The molecule has 1 aliphatic heterocycles. The van der Waals surface area contributed by atoms with E-state index in [1.54, 1.807) is 54.6 Å². The maximum atomic E-state index is 13.1. The second kappa shape index (κ2) is 10.7. The van der Waals surface area contributed by atoms with Gasteiger partial charge >= 0.3 is 6.03 Å². The van der Waals surface area contributed by atoms with E-state index < -0.39 is 17.8 Å². The zero-order valence-corrected chi connectivity index (χ0v) is 22.9.